The van der Waals surface area contributed by atoms with E-state index >= 15 is 0 Å². The van der Waals surface area contributed by atoms with Gasteiger partial charge in [0.05, 0.1) is 12.7 Å². The van der Waals surface area contributed by atoms with Gasteiger partial charge in [0, 0.05) is 25.4 Å². The highest BCUT2D eigenvalue weighted by Gasteiger charge is 2.16. The molecule has 0 spiro atoms. The lowest BCUT2D eigenvalue weighted by Gasteiger charge is -2.24. The van der Waals surface area contributed by atoms with Crippen LogP contribution in [0.2, 0.25) is 0 Å². The smallest absolute Gasteiger partial charge is 0.238 e. The predicted molar refractivity (Wildman–Crippen MR) is 70.1 cm³/mol. The normalized spacial score (nSPS) is 19.1. The molecular weight excluding hydrogens is 242 g/mol. The molecule has 1 aromatic carbocycles. The molecule has 2 heterocycles. The van der Waals surface area contributed by atoms with Crippen LogP contribution < -0.4 is 10.1 Å². The van der Waals surface area contributed by atoms with Crippen molar-refractivity contribution in [1.82, 2.24) is 15.5 Å². The first-order valence-corrected chi connectivity index (χ1v) is 6.30. The van der Waals surface area contributed by atoms with Gasteiger partial charge >= 0.3 is 0 Å². The van der Waals surface area contributed by atoms with Crippen molar-refractivity contribution in [2.45, 2.75) is 6.10 Å². The second kappa shape index (κ2) is 5.77. The second-order valence-corrected chi connectivity index (χ2v) is 4.30. The van der Waals surface area contributed by atoms with Crippen LogP contribution in [0.15, 0.2) is 42.6 Å². The van der Waals surface area contributed by atoms with Crippen LogP contribution in [0.1, 0.15) is 11.7 Å². The molecule has 1 unspecified atom stereocenters. The van der Waals surface area contributed by atoms with Crippen LogP contribution in [-0.2, 0) is 4.74 Å². The van der Waals surface area contributed by atoms with Gasteiger partial charge in [-0.1, -0.05) is 12.1 Å². The van der Waals surface area contributed by atoms with Gasteiger partial charge in [0.1, 0.15) is 5.75 Å². The van der Waals surface area contributed by atoms with Gasteiger partial charge in [-0.2, -0.15) is 5.10 Å². The van der Waals surface area contributed by atoms with E-state index in [0.29, 0.717) is 5.88 Å². The van der Waals surface area contributed by atoms with Gasteiger partial charge in [-0.15, -0.1) is 5.10 Å². The molecular formula is C14H15N3O2. The van der Waals surface area contributed by atoms with E-state index in [1.807, 2.05) is 24.3 Å². The second-order valence-electron chi connectivity index (χ2n) is 4.30. The largest absolute Gasteiger partial charge is 0.438 e. The molecule has 1 fully saturated rings. The number of hydrogen-bond donors (Lipinski definition) is 1. The van der Waals surface area contributed by atoms with Gasteiger partial charge in [-0.25, -0.2) is 0 Å². The summed E-state index contributed by atoms with van der Waals surface area (Å²) in [5.74, 6) is 1.23. The van der Waals surface area contributed by atoms with Crippen molar-refractivity contribution < 1.29 is 9.47 Å². The fraction of sp³-hybridized carbons (Fsp3) is 0.286. The first kappa shape index (κ1) is 12.1. The van der Waals surface area contributed by atoms with E-state index in [-0.39, 0.29) is 6.10 Å². The van der Waals surface area contributed by atoms with E-state index in [1.54, 1.807) is 18.3 Å². The zero-order valence-corrected chi connectivity index (χ0v) is 10.5. The minimum atomic E-state index is 0.0826. The summed E-state index contributed by atoms with van der Waals surface area (Å²) in [6, 6.07) is 11.4. The number of rotatable bonds is 3. The molecule has 5 heteroatoms. The van der Waals surface area contributed by atoms with Gasteiger partial charge in [0.25, 0.3) is 0 Å². The molecule has 1 N–H and O–H groups in total. The Balaban J connectivity index is 1.76. The van der Waals surface area contributed by atoms with Crippen molar-refractivity contribution in [3.63, 3.8) is 0 Å². The Morgan fingerprint density at radius 2 is 2.26 bits per heavy atom. The fourth-order valence-electron chi connectivity index (χ4n) is 2.02. The molecule has 3 rings (SSSR count). The standard InChI is InChI=1S/C14H15N3O2/c1-3-11(13-10-15-7-8-18-13)9-12(4-1)19-14-5-2-6-16-17-14/h1-6,9,13,15H,7-8,10H2. The van der Waals surface area contributed by atoms with Crippen molar-refractivity contribution in [1.29, 1.82) is 0 Å². The quantitative estimate of drug-likeness (QED) is 0.910. The van der Waals surface area contributed by atoms with Crippen molar-refractivity contribution >= 4 is 0 Å². The molecule has 1 aliphatic heterocycles. The highest BCUT2D eigenvalue weighted by atomic mass is 16.5. The van der Waals surface area contributed by atoms with E-state index in [4.69, 9.17) is 9.47 Å². The van der Waals surface area contributed by atoms with Crippen LogP contribution in [0.5, 0.6) is 11.6 Å². The molecule has 0 saturated carbocycles. The molecule has 19 heavy (non-hydrogen) atoms. The van der Waals surface area contributed by atoms with Crippen LogP contribution in [0.25, 0.3) is 0 Å². The molecule has 2 aromatic rings. The Kier molecular flexibility index (Phi) is 3.67. The lowest BCUT2D eigenvalue weighted by atomic mass is 10.1. The molecule has 1 atom stereocenters. The molecule has 0 bridgehead atoms. The summed E-state index contributed by atoms with van der Waals surface area (Å²) < 4.78 is 11.4. The van der Waals surface area contributed by atoms with Crippen molar-refractivity contribution in [2.75, 3.05) is 19.7 Å². The highest BCUT2D eigenvalue weighted by molar-refractivity contribution is 5.32. The third-order valence-corrected chi connectivity index (χ3v) is 2.93. The van der Waals surface area contributed by atoms with Crippen LogP contribution >= 0.6 is 0 Å². The zero-order chi connectivity index (χ0) is 12.9. The molecule has 98 valence electrons. The van der Waals surface area contributed by atoms with Gasteiger partial charge < -0.3 is 14.8 Å². The van der Waals surface area contributed by atoms with Crippen LogP contribution in [0, 0.1) is 0 Å². The molecule has 5 nitrogen and oxygen atoms in total. The number of hydrogen-bond acceptors (Lipinski definition) is 5. The molecule has 0 radical (unpaired) electrons. The summed E-state index contributed by atoms with van der Waals surface area (Å²) in [4.78, 5) is 0. The number of aromatic nitrogens is 2. The molecule has 1 saturated heterocycles. The Morgan fingerprint density at radius 3 is 3.05 bits per heavy atom. The summed E-state index contributed by atoms with van der Waals surface area (Å²) in [5, 5.41) is 11.0. The zero-order valence-electron chi connectivity index (χ0n) is 10.5. The van der Waals surface area contributed by atoms with Crippen LogP contribution in [0.3, 0.4) is 0 Å². The maximum Gasteiger partial charge on any atom is 0.238 e. The van der Waals surface area contributed by atoms with E-state index in [0.717, 1.165) is 31.0 Å². The third-order valence-electron chi connectivity index (χ3n) is 2.93. The fourth-order valence-corrected chi connectivity index (χ4v) is 2.02. The topological polar surface area (TPSA) is 56.3 Å². The summed E-state index contributed by atoms with van der Waals surface area (Å²) in [6.07, 6.45) is 1.70. The number of ether oxygens (including phenoxy) is 2. The summed E-state index contributed by atoms with van der Waals surface area (Å²) >= 11 is 0. The Morgan fingerprint density at radius 1 is 1.26 bits per heavy atom. The number of nitrogens with zero attached hydrogens (tertiary/aromatic N) is 2. The van der Waals surface area contributed by atoms with Gasteiger partial charge in [-0.3, -0.25) is 0 Å². The van der Waals surface area contributed by atoms with E-state index in [9.17, 15) is 0 Å². The number of nitrogens with one attached hydrogen (secondary N) is 1. The maximum atomic E-state index is 5.72. The average molecular weight is 257 g/mol. The molecule has 1 aliphatic rings. The third kappa shape index (κ3) is 3.07. The first-order valence-electron chi connectivity index (χ1n) is 6.30. The Hall–Kier alpha value is -1.98. The average Bonchev–Trinajstić information content (AvgIpc) is 2.49. The molecule has 1 aromatic heterocycles. The van der Waals surface area contributed by atoms with Crippen molar-refractivity contribution in [2.24, 2.45) is 0 Å². The molecule has 0 aliphatic carbocycles. The van der Waals surface area contributed by atoms with Crippen LogP contribution in [-0.4, -0.2) is 29.9 Å². The lowest BCUT2D eigenvalue weighted by molar-refractivity contribution is 0.0276. The lowest BCUT2D eigenvalue weighted by Crippen LogP contribution is -2.33. The SMILES string of the molecule is c1cc(Oc2cccnn2)cc(C2CNCCO2)c1. The Bertz CT molecular complexity index is 527. The number of benzene rings is 1. The van der Waals surface area contributed by atoms with Gasteiger partial charge in [-0.05, 0) is 23.8 Å². The van der Waals surface area contributed by atoms with Gasteiger partial charge in [0.15, 0.2) is 0 Å². The first-order chi connectivity index (χ1) is 9.42. The summed E-state index contributed by atoms with van der Waals surface area (Å²) in [7, 11) is 0. The highest BCUT2D eigenvalue weighted by Crippen LogP contribution is 2.25. The van der Waals surface area contributed by atoms with E-state index in [2.05, 4.69) is 15.5 Å². The summed E-state index contributed by atoms with van der Waals surface area (Å²) in [6.45, 7) is 2.47. The summed E-state index contributed by atoms with van der Waals surface area (Å²) in [5.41, 5.74) is 1.11. The van der Waals surface area contributed by atoms with Crippen molar-refractivity contribution in [3.05, 3.63) is 48.2 Å². The minimum Gasteiger partial charge on any atom is -0.438 e. The van der Waals surface area contributed by atoms with Crippen molar-refractivity contribution in [3.8, 4) is 11.6 Å². The monoisotopic (exact) mass is 257 g/mol. The molecule has 0 amide bonds. The predicted octanol–water partition coefficient (Wildman–Crippen LogP) is 1.93. The number of morpholine rings is 1. The Labute approximate surface area is 111 Å². The van der Waals surface area contributed by atoms with Gasteiger partial charge in [0.2, 0.25) is 5.88 Å². The maximum absolute atomic E-state index is 5.72. The van der Waals surface area contributed by atoms with E-state index < -0.39 is 0 Å². The minimum absolute atomic E-state index is 0.0826. The van der Waals surface area contributed by atoms with Crippen LogP contribution in [0.4, 0.5) is 0 Å². The van der Waals surface area contributed by atoms with E-state index in [1.165, 1.54) is 0 Å².